The number of carbonyl (C=O) groups is 1. The topological polar surface area (TPSA) is 98.7 Å². The molecule has 19 heavy (non-hydrogen) atoms. The third-order valence-corrected chi connectivity index (χ3v) is 3.32. The van der Waals surface area contributed by atoms with E-state index in [1.807, 2.05) is 13.2 Å². The maximum absolute atomic E-state index is 11.0. The average Bonchev–Trinajstić information content (AvgIpc) is 2.92. The van der Waals surface area contributed by atoms with E-state index in [9.17, 15) is 4.79 Å². The third-order valence-electron chi connectivity index (χ3n) is 3.32. The van der Waals surface area contributed by atoms with Gasteiger partial charge in [0.05, 0.1) is 24.2 Å². The van der Waals surface area contributed by atoms with Gasteiger partial charge in [-0.15, -0.1) is 5.10 Å². The summed E-state index contributed by atoms with van der Waals surface area (Å²) in [5, 5.41) is 24.8. The fourth-order valence-corrected chi connectivity index (χ4v) is 2.26. The lowest BCUT2D eigenvalue weighted by atomic mass is 10.1. The third kappa shape index (κ3) is 2.33. The van der Waals surface area contributed by atoms with E-state index in [-0.39, 0.29) is 12.5 Å². The highest BCUT2D eigenvalue weighted by Gasteiger charge is 2.36. The summed E-state index contributed by atoms with van der Waals surface area (Å²) >= 11 is 0. The van der Waals surface area contributed by atoms with E-state index in [0.717, 1.165) is 18.4 Å². The highest BCUT2D eigenvalue weighted by Crippen LogP contribution is 2.42. The van der Waals surface area contributed by atoms with Crippen LogP contribution in [0.25, 0.3) is 11.4 Å². The number of carboxylic acids is 1. The Bertz CT molecular complexity index is 600. The quantitative estimate of drug-likeness (QED) is 0.842. The Balaban J connectivity index is 1.95. The normalized spacial score (nSPS) is 16.5. The van der Waals surface area contributed by atoms with Crippen LogP contribution in [0.4, 0.5) is 0 Å². The van der Waals surface area contributed by atoms with Gasteiger partial charge in [0.1, 0.15) is 0 Å². The Labute approximate surface area is 109 Å². The zero-order chi connectivity index (χ0) is 13.4. The van der Waals surface area contributed by atoms with Crippen molar-refractivity contribution in [2.24, 2.45) is 13.0 Å². The van der Waals surface area contributed by atoms with E-state index in [1.165, 1.54) is 0 Å². The molecule has 0 spiro atoms. The molecule has 0 saturated heterocycles. The molecule has 2 aromatic rings. The Kier molecular flexibility index (Phi) is 2.77. The van der Waals surface area contributed by atoms with Crippen LogP contribution in [0.5, 0.6) is 0 Å². The summed E-state index contributed by atoms with van der Waals surface area (Å²) in [6.07, 6.45) is 5.59. The van der Waals surface area contributed by atoms with Crippen molar-refractivity contribution in [2.75, 3.05) is 0 Å². The highest BCUT2D eigenvalue weighted by atomic mass is 16.4. The number of carboxylic acid groups (broad SMARTS) is 1. The van der Waals surface area contributed by atoms with Gasteiger partial charge in [-0.05, 0) is 29.2 Å². The maximum Gasteiger partial charge on any atom is 0.305 e. The minimum Gasteiger partial charge on any atom is -0.481 e. The highest BCUT2D eigenvalue weighted by molar-refractivity contribution is 5.67. The van der Waals surface area contributed by atoms with Crippen LogP contribution in [0.3, 0.4) is 0 Å². The Morgan fingerprint density at radius 3 is 2.95 bits per heavy atom. The molecule has 8 nitrogen and oxygen atoms in total. The summed E-state index contributed by atoms with van der Waals surface area (Å²) in [6.45, 7) is 0. The molecular formula is C11H14N6O2. The number of aromatic nitrogens is 6. The number of hydrogen-bond donors (Lipinski definition) is 1. The van der Waals surface area contributed by atoms with Crippen molar-refractivity contribution in [1.82, 2.24) is 30.0 Å². The minimum absolute atomic E-state index is 0.0446. The molecule has 3 rings (SSSR count). The molecule has 0 radical (unpaired) electrons. The summed E-state index contributed by atoms with van der Waals surface area (Å²) < 4.78 is 3.29. The molecular weight excluding hydrogens is 248 g/mol. The second-order valence-electron chi connectivity index (χ2n) is 4.85. The molecule has 2 heterocycles. The van der Waals surface area contributed by atoms with Crippen LogP contribution in [-0.4, -0.2) is 41.1 Å². The second-order valence-corrected chi connectivity index (χ2v) is 4.85. The lowest BCUT2D eigenvalue weighted by Gasteiger charge is -2.14. The van der Waals surface area contributed by atoms with Crippen molar-refractivity contribution in [2.45, 2.75) is 25.3 Å². The maximum atomic E-state index is 11.0. The van der Waals surface area contributed by atoms with Crippen molar-refractivity contribution in [1.29, 1.82) is 0 Å². The van der Waals surface area contributed by atoms with Gasteiger partial charge in [-0.2, -0.15) is 5.10 Å². The fourth-order valence-electron chi connectivity index (χ4n) is 2.26. The van der Waals surface area contributed by atoms with Crippen molar-refractivity contribution in [3.63, 3.8) is 0 Å². The van der Waals surface area contributed by atoms with Crippen LogP contribution in [0.1, 0.15) is 25.3 Å². The standard InChI is InChI=1S/C11H14N6O2/c1-16-6-8(5-12-16)11-13-14-15-17(11)9(4-10(18)19)7-2-3-7/h5-7,9H,2-4H2,1H3,(H,18,19). The van der Waals surface area contributed by atoms with Gasteiger partial charge in [-0.3, -0.25) is 9.48 Å². The summed E-state index contributed by atoms with van der Waals surface area (Å²) in [5.41, 5.74) is 0.795. The molecule has 1 aliphatic carbocycles. The average molecular weight is 262 g/mol. The predicted molar refractivity (Wildman–Crippen MR) is 64.0 cm³/mol. The molecule has 1 N–H and O–H groups in total. The molecule has 8 heteroatoms. The van der Waals surface area contributed by atoms with Crippen LogP contribution >= 0.6 is 0 Å². The zero-order valence-electron chi connectivity index (χ0n) is 10.5. The van der Waals surface area contributed by atoms with Crippen LogP contribution in [0.2, 0.25) is 0 Å². The van der Waals surface area contributed by atoms with E-state index >= 15 is 0 Å². The van der Waals surface area contributed by atoms with Gasteiger partial charge >= 0.3 is 5.97 Å². The predicted octanol–water partition coefficient (Wildman–Crippen LogP) is 0.499. The molecule has 1 fully saturated rings. The first-order valence-corrected chi connectivity index (χ1v) is 6.14. The van der Waals surface area contributed by atoms with E-state index in [2.05, 4.69) is 20.6 Å². The second kappa shape index (κ2) is 4.45. The smallest absolute Gasteiger partial charge is 0.305 e. The van der Waals surface area contributed by atoms with Crippen LogP contribution < -0.4 is 0 Å². The van der Waals surface area contributed by atoms with E-state index in [1.54, 1.807) is 15.6 Å². The number of rotatable bonds is 5. The van der Waals surface area contributed by atoms with Gasteiger partial charge in [0, 0.05) is 13.2 Å². The summed E-state index contributed by atoms with van der Waals surface area (Å²) in [7, 11) is 1.81. The Morgan fingerprint density at radius 2 is 2.37 bits per heavy atom. The van der Waals surface area contributed by atoms with Crippen molar-refractivity contribution in [3.8, 4) is 11.4 Å². The molecule has 0 aliphatic heterocycles. The van der Waals surface area contributed by atoms with Crippen LogP contribution in [-0.2, 0) is 11.8 Å². The molecule has 1 aliphatic rings. The largest absolute Gasteiger partial charge is 0.481 e. The first-order chi connectivity index (χ1) is 9.15. The first kappa shape index (κ1) is 11.8. The fraction of sp³-hybridized carbons (Fsp3) is 0.545. The van der Waals surface area contributed by atoms with Gasteiger partial charge in [-0.25, -0.2) is 4.68 Å². The number of nitrogens with zero attached hydrogens (tertiary/aromatic N) is 6. The molecule has 0 amide bonds. The lowest BCUT2D eigenvalue weighted by molar-refractivity contribution is -0.138. The van der Waals surface area contributed by atoms with E-state index < -0.39 is 5.97 Å². The van der Waals surface area contributed by atoms with Gasteiger partial charge in [-0.1, -0.05) is 0 Å². The molecule has 1 saturated carbocycles. The number of aryl methyl sites for hydroxylation is 1. The van der Waals surface area contributed by atoms with Gasteiger partial charge in [0.2, 0.25) is 0 Å². The Morgan fingerprint density at radius 1 is 1.58 bits per heavy atom. The van der Waals surface area contributed by atoms with E-state index in [4.69, 9.17) is 5.11 Å². The minimum atomic E-state index is -0.829. The molecule has 0 bridgehead atoms. The molecule has 1 atom stereocenters. The molecule has 0 aromatic carbocycles. The van der Waals surface area contributed by atoms with Gasteiger partial charge in [0.15, 0.2) is 5.82 Å². The van der Waals surface area contributed by atoms with Crippen molar-refractivity contribution >= 4 is 5.97 Å². The zero-order valence-corrected chi connectivity index (χ0v) is 10.5. The lowest BCUT2D eigenvalue weighted by Crippen LogP contribution is -2.18. The van der Waals surface area contributed by atoms with Crippen LogP contribution in [0.15, 0.2) is 12.4 Å². The number of hydrogen-bond acceptors (Lipinski definition) is 5. The molecule has 100 valence electrons. The monoisotopic (exact) mass is 262 g/mol. The Hall–Kier alpha value is -2.25. The molecule has 1 unspecified atom stereocenters. The summed E-state index contributed by atoms with van der Waals surface area (Å²) in [5.74, 6) is 0.103. The van der Waals surface area contributed by atoms with Gasteiger partial charge in [0.25, 0.3) is 0 Å². The van der Waals surface area contributed by atoms with Crippen LogP contribution in [0, 0.1) is 5.92 Å². The number of aliphatic carboxylic acids is 1. The number of tetrazole rings is 1. The van der Waals surface area contributed by atoms with E-state index in [0.29, 0.717) is 11.7 Å². The summed E-state index contributed by atoms with van der Waals surface area (Å²) in [6, 6.07) is -0.178. The van der Waals surface area contributed by atoms with Gasteiger partial charge < -0.3 is 5.11 Å². The van der Waals surface area contributed by atoms with Crippen molar-refractivity contribution in [3.05, 3.63) is 12.4 Å². The van der Waals surface area contributed by atoms with Crippen molar-refractivity contribution < 1.29 is 9.90 Å². The summed E-state index contributed by atoms with van der Waals surface area (Å²) in [4.78, 5) is 11.0. The SMILES string of the molecule is Cn1cc(-c2nnnn2C(CC(=O)O)C2CC2)cn1. The first-order valence-electron chi connectivity index (χ1n) is 6.14. The molecule has 2 aromatic heterocycles.